The number of carbonyl (C=O) groups excluding carboxylic acids is 3. The first-order chi connectivity index (χ1) is 12.9. The summed E-state index contributed by atoms with van der Waals surface area (Å²) in [5, 5.41) is 0. The minimum Gasteiger partial charge on any atom is -0.493 e. The van der Waals surface area contributed by atoms with Gasteiger partial charge in [-0.3, -0.25) is 14.4 Å². The Hall–Kier alpha value is -2.67. The summed E-state index contributed by atoms with van der Waals surface area (Å²) in [5.41, 5.74) is 0.860. The van der Waals surface area contributed by atoms with E-state index in [4.69, 9.17) is 14.2 Å². The van der Waals surface area contributed by atoms with Crippen molar-refractivity contribution in [2.75, 3.05) is 20.8 Å². The van der Waals surface area contributed by atoms with Crippen LogP contribution in [-0.4, -0.2) is 38.4 Å². The maximum absolute atomic E-state index is 12.2. The zero-order chi connectivity index (χ0) is 19.8. The highest BCUT2D eigenvalue weighted by Crippen LogP contribution is 2.27. The van der Waals surface area contributed by atoms with Crippen molar-refractivity contribution >= 4 is 33.5 Å². The molecule has 0 atom stereocenters. The van der Waals surface area contributed by atoms with Gasteiger partial charge in [0.25, 0.3) is 0 Å². The molecule has 0 fully saturated rings. The molecule has 0 amide bonds. The van der Waals surface area contributed by atoms with E-state index < -0.39 is 12.6 Å². The average molecular weight is 435 g/mol. The summed E-state index contributed by atoms with van der Waals surface area (Å²) in [5.74, 6) is -0.226. The normalized spacial score (nSPS) is 10.2. The Bertz CT molecular complexity index is 829. The summed E-state index contributed by atoms with van der Waals surface area (Å²) in [6.45, 7) is -0.402. The molecule has 27 heavy (non-hydrogen) atoms. The largest absolute Gasteiger partial charge is 0.493 e. The molecular weight excluding hydrogens is 416 g/mol. The molecule has 7 heteroatoms. The van der Waals surface area contributed by atoms with Gasteiger partial charge < -0.3 is 14.2 Å². The van der Waals surface area contributed by atoms with E-state index in [9.17, 15) is 14.4 Å². The number of halogens is 1. The third-order valence-corrected chi connectivity index (χ3v) is 4.32. The molecule has 0 bridgehead atoms. The average Bonchev–Trinajstić information content (AvgIpc) is 2.70. The molecule has 0 saturated carbocycles. The van der Waals surface area contributed by atoms with E-state index in [1.54, 1.807) is 36.4 Å². The number of carbonyl (C=O) groups is 3. The van der Waals surface area contributed by atoms with Crippen LogP contribution in [0.2, 0.25) is 0 Å². The molecule has 0 aliphatic carbocycles. The van der Waals surface area contributed by atoms with E-state index >= 15 is 0 Å². The molecule has 0 aliphatic heterocycles. The number of esters is 1. The molecule has 142 valence electrons. The summed E-state index contributed by atoms with van der Waals surface area (Å²) >= 11 is 3.29. The number of ether oxygens (including phenoxy) is 3. The number of benzene rings is 2. The highest BCUT2D eigenvalue weighted by molar-refractivity contribution is 9.10. The fraction of sp³-hybridized carbons (Fsp3) is 0.250. The Kier molecular flexibility index (Phi) is 7.55. The van der Waals surface area contributed by atoms with Gasteiger partial charge in [-0.2, -0.15) is 0 Å². The van der Waals surface area contributed by atoms with Gasteiger partial charge in [-0.1, -0.05) is 28.1 Å². The summed E-state index contributed by atoms with van der Waals surface area (Å²) in [4.78, 5) is 36.0. The maximum Gasteiger partial charge on any atom is 0.306 e. The fourth-order valence-corrected chi connectivity index (χ4v) is 2.57. The third-order valence-electron chi connectivity index (χ3n) is 3.79. The first-order valence-electron chi connectivity index (χ1n) is 8.14. The topological polar surface area (TPSA) is 78.9 Å². The van der Waals surface area contributed by atoms with Crippen LogP contribution in [0.1, 0.15) is 33.6 Å². The summed E-state index contributed by atoms with van der Waals surface area (Å²) in [6.07, 6.45) is -0.0703. The number of Topliss-reactive ketones (excluding diaryl/α,β-unsaturated/α-hetero) is 2. The van der Waals surface area contributed by atoms with Gasteiger partial charge in [-0.15, -0.1) is 0 Å². The van der Waals surface area contributed by atoms with Gasteiger partial charge in [0, 0.05) is 22.0 Å². The van der Waals surface area contributed by atoms with Crippen LogP contribution < -0.4 is 9.47 Å². The summed E-state index contributed by atoms with van der Waals surface area (Å²) in [7, 11) is 2.96. The molecule has 0 unspecified atom stereocenters. The van der Waals surface area contributed by atoms with E-state index in [-0.39, 0.29) is 24.4 Å². The molecule has 0 heterocycles. The van der Waals surface area contributed by atoms with Gasteiger partial charge in [0.05, 0.1) is 20.6 Å². The molecule has 0 spiro atoms. The Balaban J connectivity index is 1.83. The van der Waals surface area contributed by atoms with Crippen LogP contribution in [0.25, 0.3) is 0 Å². The minimum atomic E-state index is -0.603. The molecule has 2 rings (SSSR count). The highest BCUT2D eigenvalue weighted by atomic mass is 79.9. The molecule has 0 saturated heterocycles. The lowest BCUT2D eigenvalue weighted by Gasteiger charge is -2.09. The van der Waals surface area contributed by atoms with Crippen molar-refractivity contribution in [2.24, 2.45) is 0 Å². The second kappa shape index (κ2) is 9.87. The minimum absolute atomic E-state index is 0.0189. The summed E-state index contributed by atoms with van der Waals surface area (Å²) in [6, 6.07) is 11.6. The Morgan fingerprint density at radius 3 is 2.07 bits per heavy atom. The predicted molar refractivity (Wildman–Crippen MR) is 103 cm³/mol. The number of rotatable bonds is 9. The third kappa shape index (κ3) is 5.92. The number of ketones is 2. The lowest BCUT2D eigenvalue weighted by Crippen LogP contribution is -2.15. The second-order valence-electron chi connectivity index (χ2n) is 5.58. The summed E-state index contributed by atoms with van der Waals surface area (Å²) < 4.78 is 16.1. The SMILES string of the molecule is COc1ccc(C(=O)COC(=O)CCC(=O)c2ccc(Br)cc2)cc1OC. The van der Waals surface area contributed by atoms with Crippen molar-refractivity contribution in [3.05, 3.63) is 58.1 Å². The van der Waals surface area contributed by atoms with Crippen LogP contribution in [0.4, 0.5) is 0 Å². The van der Waals surface area contributed by atoms with Crippen molar-refractivity contribution < 1.29 is 28.6 Å². The van der Waals surface area contributed by atoms with Crippen molar-refractivity contribution in [1.29, 1.82) is 0 Å². The number of hydrogen-bond acceptors (Lipinski definition) is 6. The maximum atomic E-state index is 12.2. The van der Waals surface area contributed by atoms with Crippen molar-refractivity contribution in [1.82, 2.24) is 0 Å². The monoisotopic (exact) mass is 434 g/mol. The molecule has 0 N–H and O–H groups in total. The lowest BCUT2D eigenvalue weighted by atomic mass is 10.1. The standard InChI is InChI=1S/C20H19BrO6/c1-25-18-9-5-14(11-19(18)26-2)17(23)12-27-20(24)10-8-16(22)13-3-6-15(21)7-4-13/h3-7,9,11H,8,10,12H2,1-2H3. The Morgan fingerprint density at radius 1 is 0.815 bits per heavy atom. The van der Waals surface area contributed by atoms with Crippen LogP contribution in [0.5, 0.6) is 11.5 Å². The number of methoxy groups -OCH3 is 2. The quantitative estimate of drug-likeness (QED) is 0.440. The molecule has 0 aliphatic rings. The van der Waals surface area contributed by atoms with Gasteiger partial charge in [-0.25, -0.2) is 0 Å². The van der Waals surface area contributed by atoms with Gasteiger partial charge in [0.2, 0.25) is 0 Å². The molecule has 0 radical (unpaired) electrons. The fourth-order valence-electron chi connectivity index (χ4n) is 2.31. The van der Waals surface area contributed by atoms with Gasteiger partial charge in [0.1, 0.15) is 0 Å². The van der Waals surface area contributed by atoms with Crippen molar-refractivity contribution in [3.63, 3.8) is 0 Å². The zero-order valence-electron chi connectivity index (χ0n) is 15.0. The predicted octanol–water partition coefficient (Wildman–Crippen LogP) is 3.86. The molecule has 6 nitrogen and oxygen atoms in total. The molecule has 2 aromatic rings. The first kappa shape index (κ1) is 20.6. The van der Waals surface area contributed by atoms with E-state index in [2.05, 4.69) is 15.9 Å². The molecule has 0 aromatic heterocycles. The highest BCUT2D eigenvalue weighted by Gasteiger charge is 2.15. The van der Waals surface area contributed by atoms with Gasteiger partial charge >= 0.3 is 5.97 Å². The van der Waals surface area contributed by atoms with Crippen LogP contribution in [0, 0.1) is 0 Å². The van der Waals surface area contributed by atoms with Gasteiger partial charge in [0.15, 0.2) is 29.7 Å². The second-order valence-corrected chi connectivity index (χ2v) is 6.50. The lowest BCUT2D eigenvalue weighted by molar-refractivity contribution is -0.142. The Labute approximate surface area is 165 Å². The smallest absolute Gasteiger partial charge is 0.306 e. The molecule has 2 aromatic carbocycles. The molecular formula is C20H19BrO6. The van der Waals surface area contributed by atoms with Gasteiger partial charge in [-0.05, 0) is 30.3 Å². The van der Waals surface area contributed by atoms with E-state index in [0.717, 1.165) is 4.47 Å². The Morgan fingerprint density at radius 2 is 1.44 bits per heavy atom. The zero-order valence-corrected chi connectivity index (χ0v) is 16.6. The van der Waals surface area contributed by atoms with Crippen molar-refractivity contribution in [2.45, 2.75) is 12.8 Å². The van der Waals surface area contributed by atoms with E-state index in [0.29, 0.717) is 22.6 Å². The first-order valence-corrected chi connectivity index (χ1v) is 8.93. The van der Waals surface area contributed by atoms with Crippen LogP contribution in [-0.2, 0) is 9.53 Å². The number of hydrogen-bond donors (Lipinski definition) is 0. The van der Waals surface area contributed by atoms with Crippen molar-refractivity contribution in [3.8, 4) is 11.5 Å². The van der Waals surface area contributed by atoms with Crippen LogP contribution in [0.15, 0.2) is 46.9 Å². The van der Waals surface area contributed by atoms with Crippen LogP contribution >= 0.6 is 15.9 Å². The van der Waals surface area contributed by atoms with E-state index in [1.807, 2.05) is 0 Å². The van der Waals surface area contributed by atoms with Crippen LogP contribution in [0.3, 0.4) is 0 Å². The van der Waals surface area contributed by atoms with E-state index in [1.165, 1.54) is 20.3 Å².